The lowest BCUT2D eigenvalue weighted by molar-refractivity contribution is 0.469. The van der Waals surface area contributed by atoms with E-state index in [1.165, 1.54) is 12.8 Å². The van der Waals surface area contributed by atoms with E-state index in [1.54, 1.807) is 10.9 Å². The van der Waals surface area contributed by atoms with Gasteiger partial charge in [-0.15, -0.1) is 0 Å². The molecule has 1 aromatic heterocycles. The number of rotatable bonds is 5. The van der Waals surface area contributed by atoms with E-state index in [1.807, 2.05) is 11.9 Å². The number of hydrogen-bond donors (Lipinski definition) is 1. The normalized spacial score (nSPS) is 25.3. The van der Waals surface area contributed by atoms with Crippen molar-refractivity contribution >= 4 is 17.3 Å². The van der Waals surface area contributed by atoms with E-state index in [-0.39, 0.29) is 5.56 Å². The Morgan fingerprint density at radius 3 is 2.86 bits per heavy atom. The first kappa shape index (κ1) is 14.9. The predicted molar refractivity (Wildman–Crippen MR) is 84.8 cm³/mol. The van der Waals surface area contributed by atoms with Crippen molar-refractivity contribution in [1.82, 2.24) is 9.78 Å². The average molecular weight is 311 g/mol. The largest absolute Gasteiger partial charge is 0.366 e. The van der Waals surface area contributed by atoms with Gasteiger partial charge in [-0.2, -0.15) is 5.10 Å². The van der Waals surface area contributed by atoms with E-state index >= 15 is 0 Å². The molecule has 1 heterocycles. The van der Waals surface area contributed by atoms with E-state index in [2.05, 4.69) is 5.10 Å². The highest BCUT2D eigenvalue weighted by atomic mass is 35.5. The minimum absolute atomic E-state index is 0.0698. The van der Waals surface area contributed by atoms with Gasteiger partial charge in [0.15, 0.2) is 0 Å². The molecule has 116 valence electrons. The number of nitrogens with zero attached hydrogens (tertiary/aromatic N) is 3. The molecule has 2 unspecified atom stereocenters. The van der Waals surface area contributed by atoms with Crippen LogP contribution in [-0.2, 0) is 6.54 Å². The van der Waals surface area contributed by atoms with Gasteiger partial charge in [0.1, 0.15) is 5.69 Å². The maximum absolute atomic E-state index is 12.7. The Hall–Kier alpha value is -1.07. The first-order valence-electron chi connectivity index (χ1n) is 7.80. The molecule has 0 aliphatic heterocycles. The number of halogens is 1. The van der Waals surface area contributed by atoms with Crippen molar-refractivity contribution in [2.24, 2.45) is 17.6 Å². The molecule has 0 spiro atoms. The van der Waals surface area contributed by atoms with Crippen LogP contribution in [0.25, 0.3) is 0 Å². The maximum Gasteiger partial charge on any atom is 0.291 e. The van der Waals surface area contributed by atoms with Gasteiger partial charge >= 0.3 is 0 Å². The van der Waals surface area contributed by atoms with Gasteiger partial charge in [0.25, 0.3) is 5.56 Å². The van der Waals surface area contributed by atoms with Gasteiger partial charge in [0.2, 0.25) is 0 Å². The van der Waals surface area contributed by atoms with Crippen LogP contribution < -0.4 is 16.2 Å². The lowest BCUT2D eigenvalue weighted by atomic mass is 10.0. The van der Waals surface area contributed by atoms with Crippen LogP contribution in [0.5, 0.6) is 0 Å². The maximum atomic E-state index is 12.7. The Morgan fingerprint density at radius 2 is 2.19 bits per heavy atom. The Bertz CT molecular complexity index is 569. The highest BCUT2D eigenvalue weighted by Crippen LogP contribution is 2.33. The molecule has 0 saturated heterocycles. The van der Waals surface area contributed by atoms with Gasteiger partial charge in [-0.3, -0.25) is 4.79 Å². The van der Waals surface area contributed by atoms with Crippen molar-refractivity contribution in [3.63, 3.8) is 0 Å². The summed E-state index contributed by atoms with van der Waals surface area (Å²) in [5.74, 6) is 1.05. The summed E-state index contributed by atoms with van der Waals surface area (Å²) in [6.07, 6.45) is 7.35. The molecule has 1 aromatic rings. The fraction of sp³-hybridized carbons (Fsp3) is 0.733. The van der Waals surface area contributed by atoms with Crippen LogP contribution in [-0.4, -0.2) is 29.4 Å². The third kappa shape index (κ3) is 2.94. The van der Waals surface area contributed by atoms with Crippen molar-refractivity contribution in [1.29, 1.82) is 0 Å². The molecule has 5 nitrogen and oxygen atoms in total. The third-order valence-corrected chi connectivity index (χ3v) is 5.15. The summed E-state index contributed by atoms with van der Waals surface area (Å²) in [5, 5.41) is 4.63. The van der Waals surface area contributed by atoms with Crippen molar-refractivity contribution in [3.8, 4) is 0 Å². The fourth-order valence-electron chi connectivity index (χ4n) is 3.42. The van der Waals surface area contributed by atoms with Crippen LogP contribution in [0.4, 0.5) is 5.69 Å². The molecular formula is C15H23ClN4O. The van der Waals surface area contributed by atoms with Crippen LogP contribution in [0.3, 0.4) is 0 Å². The molecule has 2 fully saturated rings. The molecule has 0 radical (unpaired) electrons. The zero-order chi connectivity index (χ0) is 15.0. The smallest absolute Gasteiger partial charge is 0.291 e. The number of nitrogens with two attached hydrogens (primary N) is 1. The zero-order valence-electron chi connectivity index (χ0n) is 12.5. The Balaban J connectivity index is 1.90. The predicted octanol–water partition coefficient (Wildman–Crippen LogP) is 1.87. The lowest BCUT2D eigenvalue weighted by Crippen LogP contribution is -2.42. The second-order valence-corrected chi connectivity index (χ2v) is 6.78. The summed E-state index contributed by atoms with van der Waals surface area (Å²) in [7, 11) is 1.96. The SMILES string of the molecule is CN(c1c(Cl)cnn(CC2CC2)c1=O)C1CCCC1CN. The monoisotopic (exact) mass is 310 g/mol. The van der Waals surface area contributed by atoms with Crippen LogP contribution in [0.2, 0.25) is 5.02 Å². The highest BCUT2D eigenvalue weighted by molar-refractivity contribution is 6.33. The second-order valence-electron chi connectivity index (χ2n) is 6.38. The molecule has 2 aliphatic rings. The van der Waals surface area contributed by atoms with Crippen molar-refractivity contribution < 1.29 is 0 Å². The van der Waals surface area contributed by atoms with Crippen LogP contribution in [0.1, 0.15) is 32.1 Å². The van der Waals surface area contributed by atoms with Crippen molar-refractivity contribution in [3.05, 3.63) is 21.6 Å². The van der Waals surface area contributed by atoms with Crippen molar-refractivity contribution in [2.75, 3.05) is 18.5 Å². The minimum atomic E-state index is -0.0698. The first-order chi connectivity index (χ1) is 10.1. The molecule has 2 aliphatic carbocycles. The molecule has 6 heteroatoms. The Labute approximate surface area is 130 Å². The van der Waals surface area contributed by atoms with Crippen LogP contribution >= 0.6 is 11.6 Å². The van der Waals surface area contributed by atoms with E-state index in [9.17, 15) is 4.79 Å². The Morgan fingerprint density at radius 1 is 1.43 bits per heavy atom. The Kier molecular flexibility index (Phi) is 4.22. The summed E-state index contributed by atoms with van der Waals surface area (Å²) in [5.41, 5.74) is 6.38. The van der Waals surface area contributed by atoms with Crippen molar-refractivity contribution in [2.45, 2.75) is 44.7 Å². The summed E-state index contributed by atoms with van der Waals surface area (Å²) in [4.78, 5) is 14.7. The molecule has 2 saturated carbocycles. The minimum Gasteiger partial charge on any atom is -0.366 e. The van der Waals surface area contributed by atoms with Crippen LogP contribution in [0, 0.1) is 11.8 Å². The molecule has 2 atom stereocenters. The van der Waals surface area contributed by atoms with E-state index in [4.69, 9.17) is 17.3 Å². The zero-order valence-corrected chi connectivity index (χ0v) is 13.2. The van der Waals surface area contributed by atoms with Gasteiger partial charge in [-0.05, 0) is 44.1 Å². The molecule has 2 N–H and O–H groups in total. The quantitative estimate of drug-likeness (QED) is 0.902. The number of hydrogen-bond acceptors (Lipinski definition) is 4. The van der Waals surface area contributed by atoms with Gasteiger partial charge < -0.3 is 10.6 Å². The van der Waals surface area contributed by atoms with Gasteiger partial charge in [-0.1, -0.05) is 18.0 Å². The molecule has 0 amide bonds. The molecule has 0 aromatic carbocycles. The van der Waals surface area contributed by atoms with Gasteiger partial charge in [0, 0.05) is 19.6 Å². The average Bonchev–Trinajstić information content (AvgIpc) is 3.15. The van der Waals surface area contributed by atoms with E-state index in [0.29, 0.717) is 41.7 Å². The lowest BCUT2D eigenvalue weighted by Gasteiger charge is -2.31. The molecule has 3 rings (SSSR count). The van der Waals surface area contributed by atoms with E-state index in [0.717, 1.165) is 19.3 Å². The molecular weight excluding hydrogens is 288 g/mol. The fourth-order valence-corrected chi connectivity index (χ4v) is 3.68. The summed E-state index contributed by atoms with van der Waals surface area (Å²) in [6, 6.07) is 0.303. The second kappa shape index (κ2) is 5.97. The highest BCUT2D eigenvalue weighted by Gasteiger charge is 2.32. The van der Waals surface area contributed by atoms with Gasteiger partial charge in [-0.25, -0.2) is 4.68 Å². The first-order valence-corrected chi connectivity index (χ1v) is 8.18. The standard InChI is InChI=1S/C15H23ClN4O/c1-19(13-4-2-3-11(13)7-17)14-12(16)8-18-20(15(14)21)9-10-5-6-10/h8,10-11,13H,2-7,9,17H2,1H3. The number of aromatic nitrogens is 2. The summed E-state index contributed by atoms with van der Waals surface area (Å²) >= 11 is 6.27. The van der Waals surface area contributed by atoms with Gasteiger partial charge in [0.05, 0.1) is 11.2 Å². The molecule has 0 bridgehead atoms. The summed E-state index contributed by atoms with van der Waals surface area (Å²) in [6.45, 7) is 1.37. The van der Waals surface area contributed by atoms with Crippen LogP contribution in [0.15, 0.2) is 11.0 Å². The number of anilines is 1. The molecule has 21 heavy (non-hydrogen) atoms. The third-order valence-electron chi connectivity index (χ3n) is 4.87. The van der Waals surface area contributed by atoms with E-state index < -0.39 is 0 Å². The summed E-state index contributed by atoms with van der Waals surface area (Å²) < 4.78 is 1.57. The topological polar surface area (TPSA) is 64.2 Å².